The van der Waals surface area contributed by atoms with Crippen molar-refractivity contribution in [1.29, 1.82) is 0 Å². The molecule has 18 heavy (non-hydrogen) atoms. The van der Waals surface area contributed by atoms with E-state index < -0.39 is 0 Å². The Balaban J connectivity index is 1.86. The standard InChI is InChI=1S/C15H21NO2/c1-15(2)7-6-12(10-15)16-14(18)9-11-4-3-5-13(17)8-11/h3-5,8,12,17H,6-7,9-10H2,1-2H3,(H,16,18). The fourth-order valence-electron chi connectivity index (χ4n) is 2.69. The minimum atomic E-state index is 0.0447. The first kappa shape index (κ1) is 12.9. The Morgan fingerprint density at radius 2 is 2.28 bits per heavy atom. The SMILES string of the molecule is CC1(C)CCC(NC(=O)Cc2cccc(O)c2)C1. The largest absolute Gasteiger partial charge is 0.508 e. The van der Waals surface area contributed by atoms with Gasteiger partial charge in [0.25, 0.3) is 0 Å². The molecule has 2 rings (SSSR count). The first-order valence-electron chi connectivity index (χ1n) is 6.52. The molecule has 98 valence electrons. The van der Waals surface area contributed by atoms with Crippen molar-refractivity contribution in [3.8, 4) is 5.75 Å². The van der Waals surface area contributed by atoms with Crippen molar-refractivity contribution in [2.45, 2.75) is 45.6 Å². The maximum absolute atomic E-state index is 11.9. The zero-order valence-electron chi connectivity index (χ0n) is 11.1. The van der Waals surface area contributed by atoms with Gasteiger partial charge in [0, 0.05) is 6.04 Å². The molecule has 0 aromatic heterocycles. The van der Waals surface area contributed by atoms with Crippen LogP contribution < -0.4 is 5.32 Å². The van der Waals surface area contributed by atoms with Gasteiger partial charge in [-0.2, -0.15) is 0 Å². The van der Waals surface area contributed by atoms with Crippen LogP contribution in [0.25, 0.3) is 0 Å². The van der Waals surface area contributed by atoms with Gasteiger partial charge in [-0.25, -0.2) is 0 Å². The topological polar surface area (TPSA) is 49.3 Å². The number of carbonyl (C=O) groups is 1. The van der Waals surface area contributed by atoms with Crippen molar-refractivity contribution in [3.05, 3.63) is 29.8 Å². The van der Waals surface area contributed by atoms with E-state index in [1.54, 1.807) is 18.2 Å². The molecule has 1 aliphatic rings. The Morgan fingerprint density at radius 1 is 1.50 bits per heavy atom. The Kier molecular flexibility index (Phi) is 3.60. The van der Waals surface area contributed by atoms with Gasteiger partial charge in [-0.1, -0.05) is 26.0 Å². The monoisotopic (exact) mass is 247 g/mol. The van der Waals surface area contributed by atoms with Gasteiger partial charge in [-0.15, -0.1) is 0 Å². The van der Waals surface area contributed by atoms with Crippen LogP contribution in [0.15, 0.2) is 24.3 Å². The quantitative estimate of drug-likeness (QED) is 0.862. The first-order valence-corrected chi connectivity index (χ1v) is 6.52. The lowest BCUT2D eigenvalue weighted by Gasteiger charge is -2.17. The number of phenolic OH excluding ortho intramolecular Hbond substituents is 1. The second kappa shape index (κ2) is 5.01. The molecule has 0 spiro atoms. The van der Waals surface area contributed by atoms with E-state index in [1.807, 2.05) is 6.07 Å². The van der Waals surface area contributed by atoms with Gasteiger partial charge in [0.2, 0.25) is 5.91 Å². The lowest BCUT2D eigenvalue weighted by molar-refractivity contribution is -0.121. The Hall–Kier alpha value is -1.51. The molecule has 1 amide bonds. The van der Waals surface area contributed by atoms with Crippen LogP contribution in [0.1, 0.15) is 38.7 Å². The van der Waals surface area contributed by atoms with E-state index >= 15 is 0 Å². The Morgan fingerprint density at radius 3 is 2.89 bits per heavy atom. The number of hydrogen-bond acceptors (Lipinski definition) is 2. The summed E-state index contributed by atoms with van der Waals surface area (Å²) in [6.45, 7) is 4.49. The van der Waals surface area contributed by atoms with Crippen LogP contribution in [0.5, 0.6) is 5.75 Å². The molecule has 1 aliphatic carbocycles. The molecule has 3 nitrogen and oxygen atoms in total. The van der Waals surface area contributed by atoms with Gasteiger partial charge in [-0.3, -0.25) is 4.79 Å². The molecule has 0 aliphatic heterocycles. The van der Waals surface area contributed by atoms with Crippen LogP contribution in [0.3, 0.4) is 0 Å². The average molecular weight is 247 g/mol. The molecule has 0 heterocycles. The molecule has 2 N–H and O–H groups in total. The predicted octanol–water partition coefficient (Wildman–Crippen LogP) is 2.63. The molecule has 0 bridgehead atoms. The summed E-state index contributed by atoms with van der Waals surface area (Å²) in [5.74, 6) is 0.255. The molecular formula is C15H21NO2. The number of amides is 1. The molecule has 1 aromatic rings. The highest BCUT2D eigenvalue weighted by molar-refractivity contribution is 5.79. The highest BCUT2D eigenvalue weighted by atomic mass is 16.3. The minimum Gasteiger partial charge on any atom is -0.508 e. The van der Waals surface area contributed by atoms with Crippen molar-refractivity contribution in [2.75, 3.05) is 0 Å². The highest BCUT2D eigenvalue weighted by Crippen LogP contribution is 2.36. The van der Waals surface area contributed by atoms with Crippen molar-refractivity contribution in [1.82, 2.24) is 5.32 Å². The first-order chi connectivity index (χ1) is 8.44. The maximum atomic E-state index is 11.9. The summed E-state index contributed by atoms with van der Waals surface area (Å²) >= 11 is 0. The minimum absolute atomic E-state index is 0.0447. The van der Waals surface area contributed by atoms with Crippen molar-refractivity contribution >= 4 is 5.91 Å². The third kappa shape index (κ3) is 3.49. The number of benzene rings is 1. The summed E-state index contributed by atoms with van der Waals surface area (Å²) < 4.78 is 0. The van der Waals surface area contributed by atoms with Gasteiger partial charge in [-0.05, 0) is 42.4 Å². The molecule has 1 unspecified atom stereocenters. The van der Waals surface area contributed by atoms with Crippen LogP contribution >= 0.6 is 0 Å². The molecule has 0 radical (unpaired) electrons. The third-order valence-electron chi connectivity index (χ3n) is 3.61. The Bertz CT molecular complexity index is 440. The van der Waals surface area contributed by atoms with E-state index in [9.17, 15) is 9.90 Å². The number of phenols is 1. The van der Waals surface area contributed by atoms with Crippen LogP contribution in [0, 0.1) is 5.41 Å². The lowest BCUT2D eigenvalue weighted by Crippen LogP contribution is -2.34. The van der Waals surface area contributed by atoms with Crippen molar-refractivity contribution < 1.29 is 9.90 Å². The number of nitrogens with one attached hydrogen (secondary N) is 1. The van der Waals surface area contributed by atoms with Crippen molar-refractivity contribution in [2.24, 2.45) is 5.41 Å². The molecular weight excluding hydrogens is 226 g/mol. The van der Waals surface area contributed by atoms with E-state index in [-0.39, 0.29) is 11.7 Å². The van der Waals surface area contributed by atoms with Gasteiger partial charge in [0.1, 0.15) is 5.75 Å². The van der Waals surface area contributed by atoms with Gasteiger partial charge < -0.3 is 10.4 Å². The summed E-state index contributed by atoms with van der Waals surface area (Å²) in [7, 11) is 0. The lowest BCUT2D eigenvalue weighted by atomic mass is 9.92. The summed E-state index contributed by atoms with van der Waals surface area (Å²) in [4.78, 5) is 11.9. The van der Waals surface area contributed by atoms with Crippen LogP contribution in [0.4, 0.5) is 0 Å². The fraction of sp³-hybridized carbons (Fsp3) is 0.533. The Labute approximate surface area is 108 Å². The highest BCUT2D eigenvalue weighted by Gasteiger charge is 2.31. The van der Waals surface area contributed by atoms with Gasteiger partial charge >= 0.3 is 0 Å². The normalized spacial score (nSPS) is 21.8. The molecule has 3 heteroatoms. The predicted molar refractivity (Wildman–Crippen MR) is 71.4 cm³/mol. The summed E-state index contributed by atoms with van der Waals surface area (Å²) in [5, 5.41) is 12.4. The summed E-state index contributed by atoms with van der Waals surface area (Å²) in [6.07, 6.45) is 3.63. The maximum Gasteiger partial charge on any atom is 0.224 e. The van der Waals surface area contributed by atoms with Crippen LogP contribution in [-0.4, -0.2) is 17.1 Å². The number of rotatable bonds is 3. The van der Waals surface area contributed by atoms with Crippen LogP contribution in [0.2, 0.25) is 0 Å². The number of carbonyl (C=O) groups excluding carboxylic acids is 1. The fourth-order valence-corrected chi connectivity index (χ4v) is 2.69. The van der Waals surface area contributed by atoms with E-state index in [0.29, 0.717) is 17.9 Å². The molecule has 1 aromatic carbocycles. The zero-order chi connectivity index (χ0) is 13.2. The van der Waals surface area contributed by atoms with Gasteiger partial charge in [0.15, 0.2) is 0 Å². The summed E-state index contributed by atoms with van der Waals surface area (Å²) in [5.41, 5.74) is 1.20. The molecule has 1 fully saturated rings. The molecule has 0 saturated heterocycles. The number of hydrogen-bond donors (Lipinski definition) is 2. The zero-order valence-corrected chi connectivity index (χ0v) is 11.1. The van der Waals surface area contributed by atoms with E-state index in [1.165, 1.54) is 6.42 Å². The van der Waals surface area contributed by atoms with E-state index in [2.05, 4.69) is 19.2 Å². The average Bonchev–Trinajstić information content (AvgIpc) is 2.57. The van der Waals surface area contributed by atoms with Crippen LogP contribution in [-0.2, 0) is 11.2 Å². The number of aromatic hydroxyl groups is 1. The van der Waals surface area contributed by atoms with Gasteiger partial charge in [0.05, 0.1) is 6.42 Å². The molecule has 1 atom stereocenters. The third-order valence-corrected chi connectivity index (χ3v) is 3.61. The van der Waals surface area contributed by atoms with E-state index in [0.717, 1.165) is 18.4 Å². The van der Waals surface area contributed by atoms with Crippen molar-refractivity contribution in [3.63, 3.8) is 0 Å². The molecule has 1 saturated carbocycles. The summed E-state index contributed by atoms with van der Waals surface area (Å²) in [6, 6.07) is 7.18. The second-order valence-corrected chi connectivity index (χ2v) is 6.02. The van der Waals surface area contributed by atoms with E-state index in [4.69, 9.17) is 0 Å². The second-order valence-electron chi connectivity index (χ2n) is 6.02. The smallest absolute Gasteiger partial charge is 0.224 e.